The third-order valence-electron chi connectivity index (χ3n) is 2.83. The van der Waals surface area contributed by atoms with Crippen molar-refractivity contribution < 1.29 is 4.42 Å². The van der Waals surface area contributed by atoms with Gasteiger partial charge in [0.15, 0.2) is 5.76 Å². The minimum Gasteiger partial charge on any atom is -0.460 e. The quantitative estimate of drug-likeness (QED) is 0.653. The molecule has 0 aliphatic carbocycles. The molecule has 4 N–H and O–H groups in total. The molecule has 0 atom stereocenters. The van der Waals surface area contributed by atoms with E-state index in [-0.39, 0.29) is 0 Å². The first-order chi connectivity index (χ1) is 8.81. The Morgan fingerprint density at radius 2 is 2.28 bits per heavy atom. The van der Waals surface area contributed by atoms with Gasteiger partial charge in [-0.25, -0.2) is 0 Å². The third-order valence-corrected chi connectivity index (χ3v) is 2.83. The van der Waals surface area contributed by atoms with Crippen molar-refractivity contribution in [2.45, 2.75) is 26.3 Å². The second-order valence-corrected chi connectivity index (χ2v) is 4.35. The summed E-state index contributed by atoms with van der Waals surface area (Å²) in [4.78, 5) is 0. The molecule has 0 aliphatic heterocycles. The van der Waals surface area contributed by atoms with Gasteiger partial charge in [-0.15, -0.1) is 0 Å². The Morgan fingerprint density at radius 1 is 1.39 bits per heavy atom. The Hall–Kier alpha value is -1.59. The Balaban J connectivity index is 1.92. The van der Waals surface area contributed by atoms with Crippen LogP contribution in [0, 0.1) is 6.92 Å². The molecule has 5 nitrogen and oxygen atoms in total. The van der Waals surface area contributed by atoms with Gasteiger partial charge >= 0.3 is 0 Å². The van der Waals surface area contributed by atoms with E-state index in [1.165, 1.54) is 0 Å². The number of furan rings is 1. The Bertz CT molecular complexity index is 475. The number of H-pyrrole nitrogens is 1. The first-order valence-corrected chi connectivity index (χ1v) is 6.31. The molecule has 0 unspecified atom stereocenters. The summed E-state index contributed by atoms with van der Waals surface area (Å²) in [5.41, 5.74) is 7.53. The number of nitrogens with two attached hydrogens (primary N) is 1. The van der Waals surface area contributed by atoms with E-state index in [0.29, 0.717) is 0 Å². The maximum absolute atomic E-state index is 5.60. The van der Waals surface area contributed by atoms with Gasteiger partial charge in [-0.3, -0.25) is 5.10 Å². The van der Waals surface area contributed by atoms with Crippen LogP contribution in [-0.4, -0.2) is 23.3 Å². The summed E-state index contributed by atoms with van der Waals surface area (Å²) < 4.78 is 5.60. The van der Waals surface area contributed by atoms with Crippen LogP contribution >= 0.6 is 0 Å². The normalized spacial score (nSPS) is 11.0. The van der Waals surface area contributed by atoms with Crippen molar-refractivity contribution in [3.63, 3.8) is 0 Å². The number of nitrogens with one attached hydrogen (secondary N) is 2. The minimum absolute atomic E-state index is 0.754. The van der Waals surface area contributed by atoms with E-state index >= 15 is 0 Å². The summed E-state index contributed by atoms with van der Waals surface area (Å²) in [5, 5.41) is 10.4. The van der Waals surface area contributed by atoms with E-state index in [2.05, 4.69) is 15.5 Å². The van der Waals surface area contributed by atoms with Crippen LogP contribution in [0.3, 0.4) is 0 Å². The molecule has 0 bridgehead atoms. The fourth-order valence-corrected chi connectivity index (χ4v) is 1.84. The van der Waals surface area contributed by atoms with Crippen molar-refractivity contribution in [3.8, 4) is 11.5 Å². The Labute approximate surface area is 107 Å². The molecule has 5 heteroatoms. The lowest BCUT2D eigenvalue weighted by Gasteiger charge is -2.03. The van der Waals surface area contributed by atoms with Crippen LogP contribution in [0.2, 0.25) is 0 Å². The standard InChI is InChI=1S/C13H20N4O/c1-10-4-5-12(18-10)13-11(9-16-17-13)8-15-7-3-2-6-14/h4-5,9,15H,2-3,6-8,14H2,1H3,(H,16,17). The molecule has 0 amide bonds. The van der Waals surface area contributed by atoms with E-state index in [4.69, 9.17) is 10.2 Å². The average molecular weight is 248 g/mol. The first-order valence-electron chi connectivity index (χ1n) is 6.31. The third kappa shape index (κ3) is 3.21. The highest BCUT2D eigenvalue weighted by atomic mass is 16.3. The van der Waals surface area contributed by atoms with Crippen molar-refractivity contribution in [1.82, 2.24) is 15.5 Å². The van der Waals surface area contributed by atoms with E-state index < -0.39 is 0 Å². The van der Waals surface area contributed by atoms with E-state index in [0.717, 1.165) is 55.3 Å². The lowest BCUT2D eigenvalue weighted by molar-refractivity contribution is 0.545. The number of aromatic amines is 1. The van der Waals surface area contributed by atoms with Crippen molar-refractivity contribution >= 4 is 0 Å². The van der Waals surface area contributed by atoms with Crippen molar-refractivity contribution in [2.24, 2.45) is 5.73 Å². The van der Waals surface area contributed by atoms with Gasteiger partial charge in [0.2, 0.25) is 0 Å². The summed E-state index contributed by atoms with van der Waals surface area (Å²) in [6, 6.07) is 3.91. The zero-order valence-corrected chi connectivity index (χ0v) is 10.7. The summed E-state index contributed by atoms with van der Waals surface area (Å²) in [6.45, 7) is 4.45. The molecule has 0 aromatic carbocycles. The molecule has 2 rings (SSSR count). The lowest BCUT2D eigenvalue weighted by atomic mass is 10.2. The maximum Gasteiger partial charge on any atom is 0.152 e. The molecule has 2 heterocycles. The van der Waals surface area contributed by atoms with Crippen LogP contribution in [0.1, 0.15) is 24.2 Å². The van der Waals surface area contributed by atoms with Crippen LogP contribution in [0.15, 0.2) is 22.7 Å². The van der Waals surface area contributed by atoms with Gasteiger partial charge in [0.05, 0.1) is 6.20 Å². The van der Waals surface area contributed by atoms with Gasteiger partial charge in [-0.2, -0.15) is 5.10 Å². The molecule has 18 heavy (non-hydrogen) atoms. The molecule has 0 saturated carbocycles. The monoisotopic (exact) mass is 248 g/mol. The van der Waals surface area contributed by atoms with Crippen molar-refractivity contribution in [3.05, 3.63) is 29.7 Å². The molecule has 0 saturated heterocycles. The van der Waals surface area contributed by atoms with Gasteiger partial charge < -0.3 is 15.5 Å². The number of aromatic nitrogens is 2. The summed E-state index contributed by atoms with van der Waals surface area (Å²) in [5.74, 6) is 1.74. The highest BCUT2D eigenvalue weighted by Crippen LogP contribution is 2.23. The molecule has 98 valence electrons. The molecular weight excluding hydrogens is 228 g/mol. The van der Waals surface area contributed by atoms with Gasteiger partial charge in [0.25, 0.3) is 0 Å². The summed E-state index contributed by atoms with van der Waals surface area (Å²) >= 11 is 0. The molecule has 0 spiro atoms. The number of unbranched alkanes of at least 4 members (excludes halogenated alkanes) is 1. The maximum atomic E-state index is 5.60. The molecule has 0 fully saturated rings. The van der Waals surface area contributed by atoms with E-state index in [1.807, 2.05) is 25.3 Å². The number of aryl methyl sites for hydroxylation is 1. The molecule has 2 aromatic rings. The highest BCUT2D eigenvalue weighted by Gasteiger charge is 2.10. The topological polar surface area (TPSA) is 79.9 Å². The largest absolute Gasteiger partial charge is 0.460 e. The lowest BCUT2D eigenvalue weighted by Crippen LogP contribution is -2.15. The predicted octanol–water partition coefficient (Wildman–Crippen LogP) is 1.81. The molecular formula is C13H20N4O. The zero-order chi connectivity index (χ0) is 12.8. The zero-order valence-electron chi connectivity index (χ0n) is 10.7. The SMILES string of the molecule is Cc1ccc(-c2[nH]ncc2CNCCCCN)o1. The number of nitrogens with zero attached hydrogens (tertiary/aromatic N) is 1. The number of hydrogen-bond donors (Lipinski definition) is 3. The van der Waals surface area contributed by atoms with Gasteiger partial charge in [-0.1, -0.05) is 0 Å². The van der Waals surface area contributed by atoms with E-state index in [1.54, 1.807) is 0 Å². The van der Waals surface area contributed by atoms with Crippen molar-refractivity contribution in [2.75, 3.05) is 13.1 Å². The predicted molar refractivity (Wildman–Crippen MR) is 71.0 cm³/mol. The van der Waals surface area contributed by atoms with Crippen LogP contribution in [-0.2, 0) is 6.54 Å². The van der Waals surface area contributed by atoms with Crippen molar-refractivity contribution in [1.29, 1.82) is 0 Å². The minimum atomic E-state index is 0.754. The highest BCUT2D eigenvalue weighted by molar-refractivity contribution is 5.56. The van der Waals surface area contributed by atoms with Gasteiger partial charge in [0, 0.05) is 12.1 Å². The van der Waals surface area contributed by atoms with E-state index in [9.17, 15) is 0 Å². The second kappa shape index (κ2) is 6.37. The van der Waals surface area contributed by atoms with Crippen LogP contribution in [0.4, 0.5) is 0 Å². The molecule has 0 radical (unpaired) electrons. The molecule has 0 aliphatic rings. The van der Waals surface area contributed by atoms with Crippen LogP contribution < -0.4 is 11.1 Å². The smallest absolute Gasteiger partial charge is 0.152 e. The number of rotatable bonds is 7. The summed E-state index contributed by atoms with van der Waals surface area (Å²) in [7, 11) is 0. The van der Waals surface area contributed by atoms with Gasteiger partial charge in [-0.05, 0) is 45.0 Å². The number of hydrogen-bond acceptors (Lipinski definition) is 4. The summed E-state index contributed by atoms with van der Waals surface area (Å²) in [6.07, 6.45) is 4.00. The molecule has 2 aromatic heterocycles. The fourth-order valence-electron chi connectivity index (χ4n) is 1.84. The second-order valence-electron chi connectivity index (χ2n) is 4.35. The Morgan fingerprint density at radius 3 is 3.00 bits per heavy atom. The van der Waals surface area contributed by atoms with Gasteiger partial charge in [0.1, 0.15) is 11.5 Å². The van der Waals surface area contributed by atoms with Crippen LogP contribution in [0.25, 0.3) is 11.5 Å². The fraction of sp³-hybridized carbons (Fsp3) is 0.462. The van der Waals surface area contributed by atoms with Crippen LogP contribution in [0.5, 0.6) is 0 Å². The Kier molecular flexibility index (Phi) is 4.55. The first kappa shape index (κ1) is 12.9. The average Bonchev–Trinajstić information content (AvgIpc) is 2.97.